The van der Waals surface area contributed by atoms with Gasteiger partial charge in [0.05, 0.1) is 17.9 Å². The Kier molecular flexibility index (Phi) is 4.43. The molecule has 4 aromatic heterocycles. The molecule has 0 saturated heterocycles. The van der Waals surface area contributed by atoms with Gasteiger partial charge in [-0.3, -0.25) is 4.68 Å². The zero-order valence-corrected chi connectivity index (χ0v) is 16.4. The van der Waals surface area contributed by atoms with Crippen LogP contribution in [0.5, 0.6) is 0 Å². The summed E-state index contributed by atoms with van der Waals surface area (Å²) in [7, 11) is 0. The summed E-state index contributed by atoms with van der Waals surface area (Å²) in [5.41, 5.74) is 9.17. The Labute approximate surface area is 175 Å². The average molecular weight is 417 g/mol. The number of pyridine rings is 2. The first-order chi connectivity index (χ1) is 15.0. The second-order valence-corrected chi connectivity index (χ2v) is 7.15. The average Bonchev–Trinajstić information content (AvgIpc) is 3.39. The molecule has 0 aliphatic carbocycles. The Morgan fingerprint density at radius 1 is 0.968 bits per heavy atom. The quantitative estimate of drug-likeness (QED) is 0.475. The summed E-state index contributed by atoms with van der Waals surface area (Å²) < 4.78 is 31.1. The highest BCUT2D eigenvalue weighted by Gasteiger charge is 2.15. The van der Waals surface area contributed by atoms with Crippen molar-refractivity contribution in [3.8, 4) is 22.5 Å². The van der Waals surface area contributed by atoms with Crippen molar-refractivity contribution in [2.24, 2.45) is 0 Å². The van der Waals surface area contributed by atoms with E-state index in [0.29, 0.717) is 16.9 Å². The van der Waals surface area contributed by atoms with Crippen LogP contribution in [0.4, 0.5) is 14.7 Å². The van der Waals surface area contributed by atoms with Crippen LogP contribution in [0.15, 0.2) is 67.1 Å². The summed E-state index contributed by atoms with van der Waals surface area (Å²) in [5.74, 6) is -0.578. The van der Waals surface area contributed by atoms with Gasteiger partial charge in [-0.05, 0) is 48.9 Å². The van der Waals surface area contributed by atoms with E-state index in [1.165, 1.54) is 18.2 Å². The highest BCUT2D eigenvalue weighted by molar-refractivity contribution is 5.68. The van der Waals surface area contributed by atoms with Crippen LogP contribution in [0.2, 0.25) is 0 Å². The highest BCUT2D eigenvalue weighted by Crippen LogP contribution is 2.27. The van der Waals surface area contributed by atoms with E-state index in [9.17, 15) is 8.78 Å². The van der Waals surface area contributed by atoms with E-state index in [-0.39, 0.29) is 23.5 Å². The van der Waals surface area contributed by atoms with Gasteiger partial charge in [0.1, 0.15) is 17.3 Å². The number of benzene rings is 1. The fourth-order valence-corrected chi connectivity index (χ4v) is 3.43. The number of halogens is 2. The van der Waals surface area contributed by atoms with Crippen molar-refractivity contribution in [3.63, 3.8) is 0 Å². The molecule has 0 aliphatic heterocycles. The van der Waals surface area contributed by atoms with Gasteiger partial charge in [-0.1, -0.05) is 12.1 Å². The minimum atomic E-state index is -0.453. The smallest absolute Gasteiger partial charge is 0.240 e. The standard InChI is InChI=1S/C22H17F2N7/c1-13(14-2-4-17(23)5-3-14)31-12-16(11-26-31)21-18(24)6-7-19(27-21)15-8-9-30-20(10-15)28-22(25)29-30/h2-13H,1H3,(H2,25,29). The summed E-state index contributed by atoms with van der Waals surface area (Å²) in [5, 5.41) is 8.41. The summed E-state index contributed by atoms with van der Waals surface area (Å²) in [4.78, 5) is 8.66. The van der Waals surface area contributed by atoms with E-state index in [1.807, 2.05) is 13.0 Å². The minimum absolute atomic E-state index is 0.151. The van der Waals surface area contributed by atoms with Crippen LogP contribution in [0.3, 0.4) is 0 Å². The van der Waals surface area contributed by atoms with Crippen LogP contribution >= 0.6 is 0 Å². The summed E-state index contributed by atoms with van der Waals surface area (Å²) in [6, 6.07) is 12.6. The number of hydrogen-bond acceptors (Lipinski definition) is 5. The fourth-order valence-electron chi connectivity index (χ4n) is 3.43. The summed E-state index contributed by atoms with van der Waals surface area (Å²) in [6.07, 6.45) is 5.02. The molecule has 31 heavy (non-hydrogen) atoms. The van der Waals surface area contributed by atoms with Crippen LogP contribution in [0, 0.1) is 11.6 Å². The van der Waals surface area contributed by atoms with E-state index in [0.717, 1.165) is 11.1 Å². The number of hydrogen-bond donors (Lipinski definition) is 1. The number of nitrogen functional groups attached to an aromatic ring is 1. The molecule has 9 heteroatoms. The second kappa shape index (κ2) is 7.28. The zero-order valence-electron chi connectivity index (χ0n) is 16.4. The number of aromatic nitrogens is 6. The van der Waals surface area contributed by atoms with Gasteiger partial charge in [-0.25, -0.2) is 18.3 Å². The van der Waals surface area contributed by atoms with E-state index in [4.69, 9.17) is 5.73 Å². The first-order valence-corrected chi connectivity index (χ1v) is 9.57. The number of fused-ring (bicyclic) bond motifs is 1. The molecule has 1 aromatic carbocycles. The summed E-state index contributed by atoms with van der Waals surface area (Å²) >= 11 is 0. The van der Waals surface area contributed by atoms with Crippen molar-refractivity contribution < 1.29 is 8.78 Å². The third-order valence-corrected chi connectivity index (χ3v) is 5.12. The van der Waals surface area contributed by atoms with Crippen molar-refractivity contribution in [3.05, 3.63) is 84.3 Å². The first-order valence-electron chi connectivity index (χ1n) is 9.57. The lowest BCUT2D eigenvalue weighted by atomic mass is 10.1. The van der Waals surface area contributed by atoms with Gasteiger partial charge in [0.25, 0.3) is 0 Å². The van der Waals surface area contributed by atoms with E-state index < -0.39 is 5.82 Å². The molecule has 1 atom stereocenters. The largest absolute Gasteiger partial charge is 0.366 e. The van der Waals surface area contributed by atoms with Gasteiger partial charge < -0.3 is 5.73 Å². The lowest BCUT2D eigenvalue weighted by molar-refractivity contribution is 0.561. The van der Waals surface area contributed by atoms with Gasteiger partial charge in [0, 0.05) is 23.5 Å². The number of nitrogens with two attached hydrogens (primary N) is 1. The third kappa shape index (κ3) is 3.50. The van der Waals surface area contributed by atoms with Gasteiger partial charge in [-0.15, -0.1) is 5.10 Å². The van der Waals surface area contributed by atoms with Gasteiger partial charge in [0.2, 0.25) is 5.95 Å². The monoisotopic (exact) mass is 417 g/mol. The van der Waals surface area contributed by atoms with Crippen molar-refractivity contribution in [2.45, 2.75) is 13.0 Å². The number of rotatable bonds is 4. The Morgan fingerprint density at radius 3 is 2.58 bits per heavy atom. The van der Waals surface area contributed by atoms with Crippen molar-refractivity contribution in [1.82, 2.24) is 29.4 Å². The molecule has 0 aliphatic rings. The molecule has 4 heterocycles. The molecule has 5 aromatic rings. The van der Waals surface area contributed by atoms with E-state index in [2.05, 4.69) is 20.2 Å². The van der Waals surface area contributed by atoms with E-state index >= 15 is 0 Å². The molecule has 0 bridgehead atoms. The number of nitrogens with zero attached hydrogens (tertiary/aromatic N) is 6. The zero-order chi connectivity index (χ0) is 21.5. The molecule has 0 radical (unpaired) electrons. The Balaban J connectivity index is 1.50. The SMILES string of the molecule is CC(c1ccc(F)cc1)n1cc(-c2nc(-c3ccn4nc(N)nc4c3)ccc2F)cn1. The molecule has 154 valence electrons. The maximum Gasteiger partial charge on any atom is 0.240 e. The van der Waals surface area contributed by atoms with Crippen molar-refractivity contribution in [2.75, 3.05) is 5.73 Å². The molecule has 7 nitrogen and oxygen atoms in total. The maximum absolute atomic E-state index is 14.6. The molecule has 0 saturated carbocycles. The van der Waals surface area contributed by atoms with Crippen molar-refractivity contribution in [1.29, 1.82) is 0 Å². The van der Waals surface area contributed by atoms with Gasteiger partial charge >= 0.3 is 0 Å². The molecule has 5 rings (SSSR count). The summed E-state index contributed by atoms with van der Waals surface area (Å²) in [6.45, 7) is 1.93. The van der Waals surface area contributed by atoms with Crippen LogP contribution in [-0.4, -0.2) is 29.4 Å². The Morgan fingerprint density at radius 2 is 1.77 bits per heavy atom. The van der Waals surface area contributed by atoms with Crippen LogP contribution in [0.1, 0.15) is 18.5 Å². The topological polar surface area (TPSA) is 86.9 Å². The predicted molar refractivity (Wildman–Crippen MR) is 112 cm³/mol. The van der Waals surface area contributed by atoms with Gasteiger partial charge in [-0.2, -0.15) is 10.1 Å². The van der Waals surface area contributed by atoms with Crippen LogP contribution < -0.4 is 5.73 Å². The lowest BCUT2D eigenvalue weighted by Gasteiger charge is -2.12. The number of anilines is 1. The fraction of sp³-hybridized carbons (Fsp3) is 0.0909. The molecular formula is C22H17F2N7. The molecular weight excluding hydrogens is 400 g/mol. The minimum Gasteiger partial charge on any atom is -0.366 e. The molecule has 2 N–H and O–H groups in total. The van der Waals surface area contributed by atoms with E-state index in [1.54, 1.807) is 52.1 Å². The third-order valence-electron chi connectivity index (χ3n) is 5.12. The van der Waals surface area contributed by atoms with Gasteiger partial charge in [0.15, 0.2) is 5.65 Å². The van der Waals surface area contributed by atoms with Crippen LogP contribution in [0.25, 0.3) is 28.2 Å². The van der Waals surface area contributed by atoms with Crippen LogP contribution in [-0.2, 0) is 0 Å². The molecule has 0 spiro atoms. The first kappa shape index (κ1) is 18.9. The molecule has 0 amide bonds. The second-order valence-electron chi connectivity index (χ2n) is 7.15. The normalized spacial score (nSPS) is 12.4. The maximum atomic E-state index is 14.6. The highest BCUT2D eigenvalue weighted by atomic mass is 19.1. The predicted octanol–water partition coefficient (Wildman–Crippen LogP) is 4.12. The molecule has 0 fully saturated rings. The lowest BCUT2D eigenvalue weighted by Crippen LogP contribution is -2.07. The molecule has 1 unspecified atom stereocenters. The Hall–Kier alpha value is -4.14. The van der Waals surface area contributed by atoms with Crippen molar-refractivity contribution >= 4 is 11.6 Å². The Bertz CT molecular complexity index is 1390.